The average molecular weight is 235 g/mol. The number of thiazole rings is 1. The Morgan fingerprint density at radius 2 is 2.19 bits per heavy atom. The molecular weight excluding hydrogens is 222 g/mol. The quantitative estimate of drug-likeness (QED) is 0.859. The number of ether oxygens (including phenoxy) is 1. The Kier molecular flexibility index (Phi) is 3.85. The maximum atomic E-state index is 5.06. The van der Waals surface area contributed by atoms with E-state index in [1.807, 2.05) is 29.1 Å². The maximum Gasteiger partial charge on any atom is 0.213 e. The summed E-state index contributed by atoms with van der Waals surface area (Å²) >= 11 is 1.61. The van der Waals surface area contributed by atoms with Crippen molar-refractivity contribution in [1.82, 2.24) is 15.3 Å². The summed E-state index contributed by atoms with van der Waals surface area (Å²) in [6, 6.07) is 5.74. The molecule has 0 radical (unpaired) electrons. The van der Waals surface area contributed by atoms with Gasteiger partial charge in [0, 0.05) is 24.5 Å². The van der Waals surface area contributed by atoms with Gasteiger partial charge in [0.1, 0.15) is 0 Å². The summed E-state index contributed by atoms with van der Waals surface area (Å²) in [6.07, 6.45) is 0. The Balaban J connectivity index is 1.85. The molecule has 1 N–H and O–H groups in total. The zero-order valence-corrected chi connectivity index (χ0v) is 9.83. The lowest BCUT2D eigenvalue weighted by Crippen LogP contribution is -2.13. The van der Waals surface area contributed by atoms with Crippen LogP contribution in [-0.2, 0) is 13.1 Å². The molecule has 4 nitrogen and oxygen atoms in total. The van der Waals surface area contributed by atoms with Crippen LogP contribution in [0.2, 0.25) is 0 Å². The number of aromatic nitrogens is 2. The molecule has 0 atom stereocenters. The highest BCUT2D eigenvalue weighted by Gasteiger charge is 1.98. The summed E-state index contributed by atoms with van der Waals surface area (Å²) in [4.78, 5) is 8.50. The standard InChI is InChI=1S/C11H13N3OS/c1-15-11-4-2-3-9(14-11)5-12-6-10-7-16-8-13-10/h2-4,7-8,12H,5-6H2,1H3. The topological polar surface area (TPSA) is 47.0 Å². The van der Waals surface area contributed by atoms with Crippen LogP contribution in [0.15, 0.2) is 29.1 Å². The number of hydrogen-bond acceptors (Lipinski definition) is 5. The fourth-order valence-corrected chi connectivity index (χ4v) is 1.87. The molecule has 5 heteroatoms. The first-order valence-corrected chi connectivity index (χ1v) is 5.90. The third-order valence-corrected chi connectivity index (χ3v) is 2.72. The van der Waals surface area contributed by atoms with E-state index in [1.54, 1.807) is 18.4 Å². The third-order valence-electron chi connectivity index (χ3n) is 2.09. The molecule has 84 valence electrons. The minimum atomic E-state index is 0.646. The highest BCUT2D eigenvalue weighted by atomic mass is 32.1. The molecule has 0 bridgehead atoms. The maximum absolute atomic E-state index is 5.06. The molecule has 0 unspecified atom stereocenters. The van der Waals surface area contributed by atoms with Crippen LogP contribution in [-0.4, -0.2) is 17.1 Å². The van der Waals surface area contributed by atoms with Gasteiger partial charge in [-0.15, -0.1) is 11.3 Å². The molecule has 2 rings (SSSR count). The molecule has 0 fully saturated rings. The van der Waals surface area contributed by atoms with Gasteiger partial charge in [-0.3, -0.25) is 0 Å². The summed E-state index contributed by atoms with van der Waals surface area (Å²) in [6.45, 7) is 1.48. The Labute approximate surface area is 98.3 Å². The van der Waals surface area contributed by atoms with Crippen LogP contribution >= 0.6 is 11.3 Å². The number of pyridine rings is 1. The summed E-state index contributed by atoms with van der Waals surface area (Å²) in [5.74, 6) is 0.646. The SMILES string of the molecule is COc1cccc(CNCc2cscn2)n1. The van der Waals surface area contributed by atoms with E-state index in [4.69, 9.17) is 4.74 Å². The van der Waals surface area contributed by atoms with Gasteiger partial charge in [0.15, 0.2) is 0 Å². The molecule has 0 aromatic carbocycles. The average Bonchev–Trinajstić information content (AvgIpc) is 2.82. The largest absolute Gasteiger partial charge is 0.481 e. The van der Waals surface area contributed by atoms with Crippen LogP contribution < -0.4 is 10.1 Å². The summed E-state index contributed by atoms with van der Waals surface area (Å²) in [5.41, 5.74) is 3.86. The van der Waals surface area contributed by atoms with Crippen molar-refractivity contribution in [3.05, 3.63) is 40.5 Å². The van der Waals surface area contributed by atoms with E-state index in [0.29, 0.717) is 12.4 Å². The van der Waals surface area contributed by atoms with Crippen molar-refractivity contribution in [2.24, 2.45) is 0 Å². The molecule has 0 aliphatic rings. The summed E-state index contributed by atoms with van der Waals surface area (Å²) in [7, 11) is 1.62. The third kappa shape index (κ3) is 3.01. The minimum absolute atomic E-state index is 0.646. The van der Waals surface area contributed by atoms with Crippen molar-refractivity contribution in [1.29, 1.82) is 0 Å². The van der Waals surface area contributed by atoms with Crippen molar-refractivity contribution >= 4 is 11.3 Å². The predicted octanol–water partition coefficient (Wildman–Crippen LogP) is 1.84. The first-order valence-electron chi connectivity index (χ1n) is 4.96. The fraction of sp³-hybridized carbons (Fsp3) is 0.273. The fourth-order valence-electron chi connectivity index (χ4n) is 1.31. The van der Waals surface area contributed by atoms with E-state index in [-0.39, 0.29) is 0 Å². The Bertz CT molecular complexity index is 431. The summed E-state index contributed by atoms with van der Waals surface area (Å²) < 4.78 is 5.06. The van der Waals surface area contributed by atoms with E-state index < -0.39 is 0 Å². The van der Waals surface area contributed by atoms with Crippen LogP contribution in [0, 0.1) is 0 Å². The van der Waals surface area contributed by atoms with Crippen LogP contribution in [0.5, 0.6) is 5.88 Å². The number of nitrogens with zero attached hydrogens (tertiary/aromatic N) is 2. The molecular formula is C11H13N3OS. The van der Waals surface area contributed by atoms with Gasteiger partial charge in [0.05, 0.1) is 24.0 Å². The molecule has 0 spiro atoms. The number of rotatable bonds is 5. The van der Waals surface area contributed by atoms with E-state index in [2.05, 4.69) is 15.3 Å². The second-order valence-corrected chi connectivity index (χ2v) is 3.97. The Morgan fingerprint density at radius 3 is 2.94 bits per heavy atom. The van der Waals surface area contributed by atoms with E-state index in [9.17, 15) is 0 Å². The molecule has 16 heavy (non-hydrogen) atoms. The highest BCUT2D eigenvalue weighted by molar-refractivity contribution is 7.07. The van der Waals surface area contributed by atoms with E-state index >= 15 is 0 Å². The van der Waals surface area contributed by atoms with Crippen molar-refractivity contribution < 1.29 is 4.74 Å². The van der Waals surface area contributed by atoms with Gasteiger partial charge < -0.3 is 10.1 Å². The first-order chi connectivity index (χ1) is 7.88. The second kappa shape index (κ2) is 5.58. The van der Waals surface area contributed by atoms with E-state index in [1.165, 1.54) is 0 Å². The lowest BCUT2D eigenvalue weighted by Gasteiger charge is -2.04. The first kappa shape index (κ1) is 11.0. The lowest BCUT2D eigenvalue weighted by molar-refractivity contribution is 0.395. The van der Waals surface area contributed by atoms with Crippen LogP contribution in [0.4, 0.5) is 0 Å². The van der Waals surface area contributed by atoms with Gasteiger partial charge in [0.25, 0.3) is 0 Å². The number of methoxy groups -OCH3 is 1. The molecule has 2 heterocycles. The molecule has 2 aromatic heterocycles. The van der Waals surface area contributed by atoms with Gasteiger partial charge in [-0.2, -0.15) is 0 Å². The zero-order chi connectivity index (χ0) is 11.2. The molecule has 0 amide bonds. The van der Waals surface area contributed by atoms with Crippen molar-refractivity contribution in [3.63, 3.8) is 0 Å². The van der Waals surface area contributed by atoms with Gasteiger partial charge in [0.2, 0.25) is 5.88 Å². The molecule has 0 aliphatic heterocycles. The van der Waals surface area contributed by atoms with Crippen molar-refractivity contribution in [3.8, 4) is 5.88 Å². The molecule has 0 saturated heterocycles. The van der Waals surface area contributed by atoms with Gasteiger partial charge in [-0.05, 0) is 6.07 Å². The summed E-state index contributed by atoms with van der Waals surface area (Å²) in [5, 5.41) is 5.32. The van der Waals surface area contributed by atoms with Gasteiger partial charge >= 0.3 is 0 Å². The second-order valence-electron chi connectivity index (χ2n) is 3.25. The van der Waals surface area contributed by atoms with Gasteiger partial charge in [-0.1, -0.05) is 6.07 Å². The van der Waals surface area contributed by atoms with Crippen molar-refractivity contribution in [2.75, 3.05) is 7.11 Å². The van der Waals surface area contributed by atoms with Crippen LogP contribution in [0.25, 0.3) is 0 Å². The number of nitrogens with one attached hydrogen (secondary N) is 1. The molecule has 0 saturated carbocycles. The normalized spacial score (nSPS) is 10.3. The highest BCUT2D eigenvalue weighted by Crippen LogP contribution is 2.06. The zero-order valence-electron chi connectivity index (χ0n) is 9.01. The Hall–Kier alpha value is -1.46. The molecule has 0 aliphatic carbocycles. The lowest BCUT2D eigenvalue weighted by atomic mass is 10.3. The smallest absolute Gasteiger partial charge is 0.213 e. The van der Waals surface area contributed by atoms with Gasteiger partial charge in [-0.25, -0.2) is 9.97 Å². The monoisotopic (exact) mass is 235 g/mol. The van der Waals surface area contributed by atoms with Crippen LogP contribution in [0.3, 0.4) is 0 Å². The number of hydrogen-bond donors (Lipinski definition) is 1. The Morgan fingerprint density at radius 1 is 1.31 bits per heavy atom. The minimum Gasteiger partial charge on any atom is -0.481 e. The predicted molar refractivity (Wildman–Crippen MR) is 63.4 cm³/mol. The van der Waals surface area contributed by atoms with Crippen LogP contribution in [0.1, 0.15) is 11.4 Å². The van der Waals surface area contributed by atoms with Crippen molar-refractivity contribution in [2.45, 2.75) is 13.1 Å². The van der Waals surface area contributed by atoms with E-state index in [0.717, 1.165) is 17.9 Å². The molecule has 2 aromatic rings.